The minimum atomic E-state index is -0.207. The van der Waals surface area contributed by atoms with E-state index in [1.54, 1.807) is 22.7 Å². The zero-order chi connectivity index (χ0) is 18.1. The van der Waals surface area contributed by atoms with Crippen molar-refractivity contribution >= 4 is 52.3 Å². The summed E-state index contributed by atoms with van der Waals surface area (Å²) in [6.45, 7) is 3.75. The number of hydrogen-bond acceptors (Lipinski definition) is 5. The van der Waals surface area contributed by atoms with Crippen LogP contribution in [0.25, 0.3) is 5.78 Å². The van der Waals surface area contributed by atoms with Crippen molar-refractivity contribution in [2.75, 3.05) is 11.6 Å². The van der Waals surface area contributed by atoms with Crippen LogP contribution in [0.5, 0.6) is 0 Å². The summed E-state index contributed by atoms with van der Waals surface area (Å²) in [6, 6.07) is 5.10. The number of fused-ring (bicyclic) bond motifs is 1. The summed E-state index contributed by atoms with van der Waals surface area (Å²) in [5.74, 6) is 0.322. The maximum Gasteiger partial charge on any atom is 0.253 e. The average Bonchev–Trinajstić information content (AvgIpc) is 2.99. The zero-order valence-electron chi connectivity index (χ0n) is 13.8. The highest BCUT2D eigenvalue weighted by Crippen LogP contribution is 2.29. The average molecular weight is 396 g/mol. The van der Waals surface area contributed by atoms with Gasteiger partial charge < -0.3 is 5.32 Å². The number of nitrogens with zero attached hydrogens (tertiary/aromatic N) is 4. The number of halogens is 2. The number of anilines is 1. The largest absolute Gasteiger partial charge is 0.324 e. The number of carbonyl (C=O) groups excluding carboxylic acids is 1. The van der Waals surface area contributed by atoms with Gasteiger partial charge in [0, 0.05) is 17.0 Å². The molecule has 0 fully saturated rings. The molecule has 0 aliphatic heterocycles. The summed E-state index contributed by atoms with van der Waals surface area (Å²) in [5.41, 5.74) is 2.87. The number of amides is 1. The fraction of sp³-hybridized carbons (Fsp3) is 0.250. The summed E-state index contributed by atoms with van der Waals surface area (Å²) in [4.78, 5) is 21.2. The van der Waals surface area contributed by atoms with Gasteiger partial charge in [-0.25, -0.2) is 9.50 Å². The molecule has 25 heavy (non-hydrogen) atoms. The van der Waals surface area contributed by atoms with E-state index in [4.69, 9.17) is 23.2 Å². The topological polar surface area (TPSA) is 72.2 Å². The van der Waals surface area contributed by atoms with E-state index in [9.17, 15) is 4.79 Å². The number of benzene rings is 1. The van der Waals surface area contributed by atoms with Crippen molar-refractivity contribution in [2.24, 2.45) is 0 Å². The fourth-order valence-corrected chi connectivity index (χ4v) is 3.17. The Balaban J connectivity index is 1.89. The Kier molecular flexibility index (Phi) is 5.17. The first-order chi connectivity index (χ1) is 11.9. The Labute approximate surface area is 158 Å². The minimum Gasteiger partial charge on any atom is -0.324 e. The van der Waals surface area contributed by atoms with Crippen LogP contribution in [0.1, 0.15) is 17.0 Å². The molecule has 6 nitrogen and oxygen atoms in total. The summed E-state index contributed by atoms with van der Waals surface area (Å²) >= 11 is 13.5. The van der Waals surface area contributed by atoms with Crippen molar-refractivity contribution in [3.05, 3.63) is 45.2 Å². The highest BCUT2D eigenvalue weighted by molar-refractivity contribution is 7.98. The molecule has 0 spiro atoms. The van der Waals surface area contributed by atoms with Crippen LogP contribution in [0, 0.1) is 13.8 Å². The molecule has 2 heterocycles. The number of rotatable bonds is 4. The number of nitrogens with one attached hydrogen (secondary N) is 1. The Morgan fingerprint density at radius 2 is 2.04 bits per heavy atom. The Morgan fingerprint density at radius 3 is 2.76 bits per heavy atom. The van der Waals surface area contributed by atoms with E-state index >= 15 is 0 Å². The molecule has 0 unspecified atom stereocenters. The third kappa shape index (κ3) is 3.58. The number of aryl methyl sites for hydroxylation is 2. The predicted molar refractivity (Wildman–Crippen MR) is 101 cm³/mol. The van der Waals surface area contributed by atoms with Crippen LogP contribution in [0.15, 0.2) is 23.4 Å². The molecule has 3 rings (SSSR count). The van der Waals surface area contributed by atoms with Crippen molar-refractivity contribution < 1.29 is 4.79 Å². The molecular formula is C16H15Cl2N5OS. The molecule has 0 radical (unpaired) electrons. The summed E-state index contributed by atoms with van der Waals surface area (Å²) in [6.07, 6.45) is 2.05. The SMILES string of the molecule is CSc1nc2nc(C)c(CC(=O)Nc3cccc(Cl)c3Cl)c(C)n2n1. The summed E-state index contributed by atoms with van der Waals surface area (Å²) in [5, 5.41) is 8.52. The van der Waals surface area contributed by atoms with Crippen LogP contribution in [-0.2, 0) is 11.2 Å². The van der Waals surface area contributed by atoms with Gasteiger partial charge in [-0.15, -0.1) is 5.10 Å². The maximum atomic E-state index is 12.5. The molecule has 0 bridgehead atoms. The molecule has 130 valence electrons. The Morgan fingerprint density at radius 1 is 1.28 bits per heavy atom. The van der Waals surface area contributed by atoms with Crippen LogP contribution in [0.3, 0.4) is 0 Å². The Hall–Kier alpha value is -1.83. The van der Waals surface area contributed by atoms with E-state index in [2.05, 4.69) is 20.4 Å². The molecule has 1 amide bonds. The summed E-state index contributed by atoms with van der Waals surface area (Å²) < 4.78 is 1.66. The van der Waals surface area contributed by atoms with Crippen molar-refractivity contribution in [2.45, 2.75) is 25.4 Å². The number of hydrogen-bond donors (Lipinski definition) is 1. The smallest absolute Gasteiger partial charge is 0.253 e. The highest BCUT2D eigenvalue weighted by atomic mass is 35.5. The third-order valence-corrected chi connectivity index (χ3v) is 5.13. The van der Waals surface area contributed by atoms with Gasteiger partial charge in [0.25, 0.3) is 5.78 Å². The Bertz CT molecular complexity index is 973. The molecule has 9 heteroatoms. The first-order valence-corrected chi connectivity index (χ1v) is 9.39. The van der Waals surface area contributed by atoms with Gasteiger partial charge in [0.2, 0.25) is 11.1 Å². The molecule has 0 aliphatic carbocycles. The predicted octanol–water partition coefficient (Wildman–Crippen LogP) is 3.95. The number of carbonyl (C=O) groups is 1. The number of aromatic nitrogens is 4. The molecule has 3 aromatic rings. The molecule has 0 saturated heterocycles. The van der Waals surface area contributed by atoms with E-state index in [0.717, 1.165) is 17.0 Å². The van der Waals surface area contributed by atoms with E-state index in [1.165, 1.54) is 11.8 Å². The van der Waals surface area contributed by atoms with Crippen molar-refractivity contribution in [3.63, 3.8) is 0 Å². The first-order valence-electron chi connectivity index (χ1n) is 7.41. The van der Waals surface area contributed by atoms with Gasteiger partial charge in [-0.05, 0) is 32.2 Å². The highest BCUT2D eigenvalue weighted by Gasteiger charge is 2.17. The maximum absolute atomic E-state index is 12.5. The monoisotopic (exact) mass is 395 g/mol. The van der Waals surface area contributed by atoms with Gasteiger partial charge in [0.05, 0.1) is 22.2 Å². The minimum absolute atomic E-state index is 0.151. The lowest BCUT2D eigenvalue weighted by Gasteiger charge is -2.11. The second-order valence-corrected chi connectivity index (χ2v) is 6.96. The van der Waals surface area contributed by atoms with Crippen LogP contribution < -0.4 is 5.32 Å². The van der Waals surface area contributed by atoms with Crippen molar-refractivity contribution in [3.8, 4) is 0 Å². The van der Waals surface area contributed by atoms with E-state index in [0.29, 0.717) is 26.7 Å². The van der Waals surface area contributed by atoms with Crippen LogP contribution in [0.2, 0.25) is 10.0 Å². The fourth-order valence-electron chi connectivity index (χ4n) is 2.49. The van der Waals surface area contributed by atoms with Gasteiger partial charge in [-0.2, -0.15) is 4.98 Å². The molecular weight excluding hydrogens is 381 g/mol. The van der Waals surface area contributed by atoms with Gasteiger partial charge in [-0.3, -0.25) is 4.79 Å². The van der Waals surface area contributed by atoms with Crippen molar-refractivity contribution in [1.82, 2.24) is 19.6 Å². The van der Waals surface area contributed by atoms with Gasteiger partial charge in [0.15, 0.2) is 0 Å². The molecule has 2 aromatic heterocycles. The van der Waals surface area contributed by atoms with Crippen LogP contribution >= 0.6 is 35.0 Å². The van der Waals surface area contributed by atoms with E-state index in [-0.39, 0.29) is 12.3 Å². The third-order valence-electron chi connectivity index (χ3n) is 3.78. The van der Waals surface area contributed by atoms with E-state index < -0.39 is 0 Å². The van der Waals surface area contributed by atoms with Gasteiger partial charge in [-0.1, -0.05) is 41.0 Å². The zero-order valence-corrected chi connectivity index (χ0v) is 16.1. The lowest BCUT2D eigenvalue weighted by Crippen LogP contribution is -2.18. The van der Waals surface area contributed by atoms with Crippen molar-refractivity contribution in [1.29, 1.82) is 0 Å². The summed E-state index contributed by atoms with van der Waals surface area (Å²) in [7, 11) is 0. The molecule has 0 aliphatic rings. The standard InChI is InChI=1S/C16H15Cl2N5OS/c1-8-10(9(2)23-15(19-8)21-16(22-23)25-3)7-13(24)20-12-6-4-5-11(17)14(12)18/h4-6H,7H2,1-3H3,(H,20,24). The number of thioether (sulfide) groups is 1. The lowest BCUT2D eigenvalue weighted by molar-refractivity contribution is -0.115. The molecule has 0 atom stereocenters. The molecule has 1 aromatic carbocycles. The van der Waals surface area contributed by atoms with Crippen LogP contribution in [0.4, 0.5) is 5.69 Å². The van der Waals surface area contributed by atoms with E-state index in [1.807, 2.05) is 20.1 Å². The molecule has 0 saturated carbocycles. The second-order valence-electron chi connectivity index (χ2n) is 5.40. The quantitative estimate of drug-likeness (QED) is 0.676. The lowest BCUT2D eigenvalue weighted by atomic mass is 10.1. The normalized spacial score (nSPS) is 11.1. The second kappa shape index (κ2) is 7.19. The molecule has 1 N–H and O–H groups in total. The van der Waals surface area contributed by atoms with Crippen LogP contribution in [-0.4, -0.2) is 31.7 Å². The van der Waals surface area contributed by atoms with Gasteiger partial charge >= 0.3 is 0 Å². The van der Waals surface area contributed by atoms with Gasteiger partial charge in [0.1, 0.15) is 0 Å². The first kappa shape index (κ1) is 18.0.